The molecule has 0 radical (unpaired) electrons. The summed E-state index contributed by atoms with van der Waals surface area (Å²) in [6.07, 6.45) is 20.1. The summed E-state index contributed by atoms with van der Waals surface area (Å²) >= 11 is 0. The first-order valence-corrected chi connectivity index (χ1v) is 15.2. The quantitative estimate of drug-likeness (QED) is 0.325. The van der Waals surface area contributed by atoms with Gasteiger partial charge in [-0.25, -0.2) is 0 Å². The molecule has 0 atom stereocenters. The van der Waals surface area contributed by atoms with Crippen LogP contribution in [0.25, 0.3) is 0 Å². The van der Waals surface area contributed by atoms with E-state index < -0.39 is 0 Å². The van der Waals surface area contributed by atoms with Crippen LogP contribution in [0.2, 0.25) is 0 Å². The van der Waals surface area contributed by atoms with Crippen molar-refractivity contribution in [2.75, 3.05) is 0 Å². The second-order valence-electron chi connectivity index (χ2n) is 12.0. The normalized spacial score (nSPS) is 17.7. The van der Waals surface area contributed by atoms with Crippen molar-refractivity contribution in [1.29, 1.82) is 0 Å². The van der Waals surface area contributed by atoms with E-state index in [2.05, 4.69) is 32.9 Å². The summed E-state index contributed by atoms with van der Waals surface area (Å²) in [6, 6.07) is 8.84. The van der Waals surface area contributed by atoms with E-state index in [0.29, 0.717) is 29.3 Å². The molecule has 2 saturated carbocycles. The van der Waals surface area contributed by atoms with Crippen LogP contribution in [0.3, 0.4) is 0 Å². The minimum Gasteiger partial charge on any atom is -0.508 e. The molecule has 2 aromatic carbocycles. The van der Waals surface area contributed by atoms with Crippen molar-refractivity contribution < 1.29 is 10.2 Å². The maximum Gasteiger partial charge on any atom is 0.119 e. The highest BCUT2D eigenvalue weighted by molar-refractivity contribution is 5.51. The third-order valence-corrected chi connectivity index (χ3v) is 9.27. The highest BCUT2D eigenvalue weighted by Crippen LogP contribution is 2.45. The Morgan fingerprint density at radius 1 is 0.639 bits per heavy atom. The average molecular weight is 491 g/mol. The molecule has 2 aliphatic carbocycles. The zero-order chi connectivity index (χ0) is 25.5. The van der Waals surface area contributed by atoms with E-state index in [-0.39, 0.29) is 0 Å². The van der Waals surface area contributed by atoms with Gasteiger partial charge in [-0.15, -0.1) is 0 Å². The van der Waals surface area contributed by atoms with E-state index in [9.17, 15) is 10.2 Å². The minimum atomic E-state index is 0.317. The molecular weight excluding hydrogens is 440 g/mol. The van der Waals surface area contributed by atoms with Crippen LogP contribution in [0.1, 0.15) is 161 Å². The van der Waals surface area contributed by atoms with E-state index in [1.807, 2.05) is 12.1 Å². The van der Waals surface area contributed by atoms with Gasteiger partial charge in [0.1, 0.15) is 11.5 Å². The lowest BCUT2D eigenvalue weighted by molar-refractivity contribution is 0.412. The summed E-state index contributed by atoms with van der Waals surface area (Å²) in [6.45, 7) is 6.64. The van der Waals surface area contributed by atoms with Crippen LogP contribution in [-0.2, 0) is 0 Å². The van der Waals surface area contributed by atoms with E-state index in [0.717, 1.165) is 6.42 Å². The third-order valence-electron chi connectivity index (χ3n) is 9.27. The molecule has 2 nitrogen and oxygen atoms in total. The van der Waals surface area contributed by atoms with Crippen molar-refractivity contribution in [3.05, 3.63) is 57.6 Å². The fourth-order valence-corrected chi connectivity index (χ4v) is 7.12. The van der Waals surface area contributed by atoms with Gasteiger partial charge in [0.25, 0.3) is 0 Å². The summed E-state index contributed by atoms with van der Waals surface area (Å²) in [5.74, 6) is 2.28. The number of rotatable bonds is 10. The number of benzene rings is 2. The number of hydrogen-bond donors (Lipinski definition) is 2. The molecule has 2 N–H and O–H groups in total. The molecule has 0 bridgehead atoms. The number of unbranched alkanes of at least 4 members (excludes halogenated alkanes) is 4. The van der Waals surface area contributed by atoms with E-state index >= 15 is 0 Å². The Morgan fingerprint density at radius 2 is 1.08 bits per heavy atom. The van der Waals surface area contributed by atoms with Crippen molar-refractivity contribution in [3.63, 3.8) is 0 Å². The Balaban J connectivity index is 1.73. The van der Waals surface area contributed by atoms with Gasteiger partial charge in [0.15, 0.2) is 0 Å². The van der Waals surface area contributed by atoms with Crippen molar-refractivity contribution in [2.24, 2.45) is 0 Å². The summed E-state index contributed by atoms with van der Waals surface area (Å²) in [5.41, 5.74) is 7.56. The molecule has 2 aliphatic rings. The molecule has 198 valence electrons. The fourth-order valence-electron chi connectivity index (χ4n) is 7.12. The summed E-state index contributed by atoms with van der Waals surface area (Å²) in [4.78, 5) is 0. The highest BCUT2D eigenvalue weighted by atomic mass is 16.3. The van der Waals surface area contributed by atoms with Gasteiger partial charge in [-0.3, -0.25) is 0 Å². The second kappa shape index (κ2) is 13.0. The standard InChI is InChI=1S/C34H50O2/c1-4-5-6-7-14-19-28(29-22-31(33(35)20-24(29)2)26-15-10-8-11-16-26)30-23-32(34(36)21-25(30)3)27-17-12-9-13-18-27/h20-23,26-28,35-36H,4-19H2,1-3H3. The molecular formula is C34H50O2. The Labute approximate surface area is 220 Å². The van der Waals surface area contributed by atoms with Crippen LogP contribution in [0.5, 0.6) is 11.5 Å². The van der Waals surface area contributed by atoms with E-state index in [1.54, 1.807) is 0 Å². The van der Waals surface area contributed by atoms with Crippen molar-refractivity contribution in [3.8, 4) is 11.5 Å². The molecule has 2 aromatic rings. The number of phenolic OH excluding ortho intramolecular Hbond substituents is 2. The highest BCUT2D eigenvalue weighted by Gasteiger charge is 2.26. The summed E-state index contributed by atoms with van der Waals surface area (Å²) < 4.78 is 0. The first kappa shape index (κ1) is 27.1. The van der Waals surface area contributed by atoms with Crippen LogP contribution < -0.4 is 0 Å². The topological polar surface area (TPSA) is 40.5 Å². The van der Waals surface area contributed by atoms with Crippen molar-refractivity contribution in [2.45, 2.75) is 141 Å². The van der Waals surface area contributed by atoms with E-state index in [1.165, 1.54) is 130 Å². The summed E-state index contributed by atoms with van der Waals surface area (Å²) in [7, 11) is 0. The number of phenols is 2. The zero-order valence-corrected chi connectivity index (χ0v) is 23.2. The van der Waals surface area contributed by atoms with Gasteiger partial charge in [-0.05, 0) is 103 Å². The van der Waals surface area contributed by atoms with Crippen molar-refractivity contribution in [1.82, 2.24) is 0 Å². The predicted octanol–water partition coefficient (Wildman–Crippen LogP) is 10.3. The largest absolute Gasteiger partial charge is 0.508 e. The summed E-state index contributed by atoms with van der Waals surface area (Å²) in [5, 5.41) is 21.9. The Kier molecular flexibility index (Phi) is 9.80. The number of aryl methyl sites for hydroxylation is 2. The molecule has 0 saturated heterocycles. The Morgan fingerprint density at radius 3 is 1.53 bits per heavy atom. The van der Waals surface area contributed by atoms with Gasteiger partial charge in [-0.1, -0.05) is 89.7 Å². The lowest BCUT2D eigenvalue weighted by Gasteiger charge is -2.29. The first-order valence-electron chi connectivity index (χ1n) is 15.2. The molecule has 0 aliphatic heterocycles. The molecule has 0 unspecified atom stereocenters. The van der Waals surface area contributed by atoms with Gasteiger partial charge in [0.2, 0.25) is 0 Å². The molecule has 0 amide bonds. The maximum atomic E-state index is 11.0. The van der Waals surface area contributed by atoms with Gasteiger partial charge in [0.05, 0.1) is 0 Å². The zero-order valence-electron chi connectivity index (χ0n) is 23.2. The predicted molar refractivity (Wildman–Crippen MR) is 153 cm³/mol. The van der Waals surface area contributed by atoms with Crippen LogP contribution in [0, 0.1) is 13.8 Å². The first-order chi connectivity index (χ1) is 17.5. The molecule has 36 heavy (non-hydrogen) atoms. The van der Waals surface area contributed by atoms with Crippen LogP contribution in [-0.4, -0.2) is 10.2 Å². The van der Waals surface area contributed by atoms with Gasteiger partial charge < -0.3 is 10.2 Å². The molecule has 2 heteroatoms. The maximum absolute atomic E-state index is 11.0. The van der Waals surface area contributed by atoms with Crippen LogP contribution >= 0.6 is 0 Å². The molecule has 0 heterocycles. The van der Waals surface area contributed by atoms with Gasteiger partial charge in [-0.2, -0.15) is 0 Å². The molecule has 2 fully saturated rings. The monoisotopic (exact) mass is 490 g/mol. The fraction of sp³-hybridized carbons (Fsp3) is 0.647. The van der Waals surface area contributed by atoms with Gasteiger partial charge in [0, 0.05) is 5.92 Å². The van der Waals surface area contributed by atoms with E-state index in [4.69, 9.17) is 0 Å². The number of aromatic hydroxyl groups is 2. The second-order valence-corrected chi connectivity index (χ2v) is 12.0. The lowest BCUT2D eigenvalue weighted by Crippen LogP contribution is -2.11. The van der Waals surface area contributed by atoms with Crippen LogP contribution in [0.15, 0.2) is 24.3 Å². The smallest absolute Gasteiger partial charge is 0.119 e. The van der Waals surface area contributed by atoms with Gasteiger partial charge >= 0.3 is 0 Å². The molecule has 4 rings (SSSR count). The molecule has 0 aromatic heterocycles. The SMILES string of the molecule is CCCCCCCC(c1cc(C2CCCCC2)c(O)cc1C)c1cc(C2CCCCC2)c(O)cc1C. The third kappa shape index (κ3) is 6.48. The Bertz CT molecular complexity index is 906. The Hall–Kier alpha value is -1.96. The minimum absolute atomic E-state index is 0.317. The van der Waals surface area contributed by atoms with Crippen molar-refractivity contribution >= 4 is 0 Å². The number of hydrogen-bond acceptors (Lipinski definition) is 2. The lowest BCUT2D eigenvalue weighted by atomic mass is 9.76. The molecule has 0 spiro atoms. The average Bonchev–Trinajstić information content (AvgIpc) is 2.88. The van der Waals surface area contributed by atoms with Crippen LogP contribution in [0.4, 0.5) is 0 Å².